The van der Waals surface area contributed by atoms with Crippen LogP contribution in [0.4, 0.5) is 5.69 Å². The number of nitrogen functional groups attached to an aromatic ring is 1. The van der Waals surface area contributed by atoms with Gasteiger partial charge in [0.2, 0.25) is 0 Å². The number of anilines is 1. The predicted octanol–water partition coefficient (Wildman–Crippen LogP) is 5.14. The van der Waals surface area contributed by atoms with Crippen LogP contribution in [0, 0.1) is 0 Å². The second-order valence-electron chi connectivity index (χ2n) is 7.69. The molecular formula is C22H29NO4S. The van der Waals surface area contributed by atoms with Crippen LogP contribution < -0.4 is 5.73 Å². The molecule has 0 fully saturated rings. The molecule has 0 amide bonds. The topological polar surface area (TPSA) is 97.5 Å². The first kappa shape index (κ1) is 22.1. The third kappa shape index (κ3) is 4.28. The normalized spacial score (nSPS) is 13.1. The Morgan fingerprint density at radius 1 is 1.07 bits per heavy atom. The smallest absolute Gasteiger partial charge is 0.295 e. The quantitative estimate of drug-likeness (QED) is 0.379. The summed E-state index contributed by atoms with van der Waals surface area (Å²) in [6, 6.07) is 10.9. The Hall–Kier alpha value is -2.18. The molecule has 0 heterocycles. The minimum absolute atomic E-state index is 0.182. The van der Waals surface area contributed by atoms with Crippen molar-refractivity contribution in [1.82, 2.24) is 0 Å². The third-order valence-corrected chi connectivity index (χ3v) is 5.98. The van der Waals surface area contributed by atoms with Crippen molar-refractivity contribution in [2.75, 3.05) is 5.73 Å². The van der Waals surface area contributed by atoms with E-state index in [1.54, 1.807) is 13.8 Å². The minimum Gasteiger partial charge on any atom is -0.398 e. The van der Waals surface area contributed by atoms with Gasteiger partial charge in [0.15, 0.2) is 5.78 Å². The number of hydrogen-bond acceptors (Lipinski definition) is 4. The average Bonchev–Trinajstić information content (AvgIpc) is 2.60. The van der Waals surface area contributed by atoms with Gasteiger partial charge in [-0.3, -0.25) is 9.35 Å². The summed E-state index contributed by atoms with van der Waals surface area (Å²) in [5.74, 6) is -1.17. The number of carbonyl (C=O) groups excluding carboxylic acids is 1. The molecule has 2 aromatic rings. The van der Waals surface area contributed by atoms with Gasteiger partial charge < -0.3 is 5.73 Å². The fourth-order valence-corrected chi connectivity index (χ4v) is 4.91. The average molecular weight is 404 g/mol. The van der Waals surface area contributed by atoms with Crippen LogP contribution in [0.25, 0.3) is 0 Å². The Labute approximate surface area is 167 Å². The molecule has 0 saturated carbocycles. The molecule has 1 unspecified atom stereocenters. The molecule has 2 rings (SSSR count). The van der Waals surface area contributed by atoms with Crippen LogP contribution in [0.15, 0.2) is 41.3 Å². The molecule has 6 heteroatoms. The largest absolute Gasteiger partial charge is 0.398 e. The summed E-state index contributed by atoms with van der Waals surface area (Å²) in [6.45, 7) is 9.16. The highest BCUT2D eigenvalue weighted by Gasteiger charge is 2.33. The summed E-state index contributed by atoms with van der Waals surface area (Å²) < 4.78 is 34.5. The molecule has 5 nitrogen and oxygen atoms in total. The lowest BCUT2D eigenvalue weighted by molar-refractivity contribution is 0.0956. The van der Waals surface area contributed by atoms with Crippen LogP contribution in [-0.2, 0) is 10.1 Å². The molecule has 0 aliphatic heterocycles. The number of nitrogens with two attached hydrogens (primary N) is 1. The Kier molecular flexibility index (Phi) is 6.67. The van der Waals surface area contributed by atoms with Gasteiger partial charge in [-0.25, -0.2) is 0 Å². The van der Waals surface area contributed by atoms with E-state index in [1.165, 1.54) is 6.07 Å². The van der Waals surface area contributed by atoms with Crippen molar-refractivity contribution in [2.24, 2.45) is 0 Å². The van der Waals surface area contributed by atoms with Gasteiger partial charge in [0, 0.05) is 17.2 Å². The van der Waals surface area contributed by atoms with E-state index in [-0.39, 0.29) is 33.8 Å². The number of Topliss-reactive ketones (excluding diaryl/α,β-unsaturated/α-hetero) is 1. The zero-order valence-electron chi connectivity index (χ0n) is 17.1. The summed E-state index contributed by atoms with van der Waals surface area (Å²) in [5.41, 5.74) is 8.30. The monoisotopic (exact) mass is 403 g/mol. The number of carbonyl (C=O) groups is 1. The number of rotatable bonds is 7. The van der Waals surface area contributed by atoms with Gasteiger partial charge in [-0.05, 0) is 41.0 Å². The molecule has 3 N–H and O–H groups in total. The first-order valence-electron chi connectivity index (χ1n) is 9.53. The van der Waals surface area contributed by atoms with E-state index in [9.17, 15) is 17.8 Å². The minimum atomic E-state index is -4.53. The van der Waals surface area contributed by atoms with Crippen LogP contribution in [0.5, 0.6) is 0 Å². The van der Waals surface area contributed by atoms with Crippen molar-refractivity contribution in [1.29, 1.82) is 0 Å². The molecular weight excluding hydrogens is 374 g/mol. The molecule has 2 aromatic carbocycles. The maximum Gasteiger partial charge on any atom is 0.295 e. The van der Waals surface area contributed by atoms with Gasteiger partial charge in [-0.15, -0.1) is 0 Å². The van der Waals surface area contributed by atoms with Crippen molar-refractivity contribution in [3.63, 3.8) is 0 Å². The SMILES string of the molecule is CCC(C(=O)c1c(N)cc(C(C)C)c(S(=O)(=O)O)c1C(C)C)c1ccccc1. The van der Waals surface area contributed by atoms with Gasteiger partial charge in [-0.1, -0.05) is 65.0 Å². The van der Waals surface area contributed by atoms with Gasteiger partial charge >= 0.3 is 0 Å². The summed E-state index contributed by atoms with van der Waals surface area (Å²) in [6.07, 6.45) is 0.549. The van der Waals surface area contributed by atoms with Crippen LogP contribution in [0.1, 0.15) is 85.8 Å². The van der Waals surface area contributed by atoms with Crippen molar-refractivity contribution in [3.05, 3.63) is 58.7 Å². The third-order valence-electron chi connectivity index (χ3n) is 5.01. The van der Waals surface area contributed by atoms with E-state index < -0.39 is 16.0 Å². The summed E-state index contributed by atoms with van der Waals surface area (Å²) in [5, 5.41) is 0. The molecule has 28 heavy (non-hydrogen) atoms. The maximum atomic E-state index is 13.5. The first-order valence-corrected chi connectivity index (χ1v) is 11.0. The lowest BCUT2D eigenvalue weighted by atomic mass is 9.82. The van der Waals surface area contributed by atoms with Gasteiger partial charge in [-0.2, -0.15) is 8.42 Å². The molecule has 0 saturated heterocycles. The Morgan fingerprint density at radius 2 is 1.64 bits per heavy atom. The van der Waals surface area contributed by atoms with Gasteiger partial charge in [0.25, 0.3) is 10.1 Å². The van der Waals surface area contributed by atoms with Crippen molar-refractivity contribution in [3.8, 4) is 0 Å². The van der Waals surface area contributed by atoms with E-state index in [1.807, 2.05) is 51.1 Å². The zero-order chi connectivity index (χ0) is 21.2. The van der Waals surface area contributed by atoms with E-state index in [2.05, 4.69) is 0 Å². The van der Waals surface area contributed by atoms with Crippen LogP contribution in [-0.4, -0.2) is 18.8 Å². The molecule has 0 spiro atoms. The van der Waals surface area contributed by atoms with E-state index in [4.69, 9.17) is 5.73 Å². The highest BCUT2D eigenvalue weighted by molar-refractivity contribution is 7.86. The van der Waals surface area contributed by atoms with Gasteiger partial charge in [0.05, 0.1) is 0 Å². The first-order chi connectivity index (χ1) is 13.0. The van der Waals surface area contributed by atoms with Crippen molar-refractivity contribution < 1.29 is 17.8 Å². The van der Waals surface area contributed by atoms with Crippen LogP contribution >= 0.6 is 0 Å². The molecule has 0 aliphatic rings. The van der Waals surface area contributed by atoms with Crippen LogP contribution in [0.3, 0.4) is 0 Å². The van der Waals surface area contributed by atoms with Crippen molar-refractivity contribution in [2.45, 2.75) is 63.7 Å². The molecule has 0 aromatic heterocycles. The van der Waals surface area contributed by atoms with Crippen LogP contribution in [0.2, 0.25) is 0 Å². The molecule has 152 valence electrons. The Morgan fingerprint density at radius 3 is 2.07 bits per heavy atom. The summed E-state index contributed by atoms with van der Waals surface area (Å²) >= 11 is 0. The van der Waals surface area contributed by atoms with Crippen molar-refractivity contribution >= 4 is 21.6 Å². The maximum absolute atomic E-state index is 13.5. The predicted molar refractivity (Wildman–Crippen MR) is 113 cm³/mol. The number of benzene rings is 2. The van der Waals surface area contributed by atoms with E-state index >= 15 is 0 Å². The fraction of sp³-hybridized carbons (Fsp3) is 0.409. The molecule has 0 radical (unpaired) electrons. The Bertz CT molecular complexity index is 964. The summed E-state index contributed by atoms with van der Waals surface area (Å²) in [7, 11) is -4.53. The van der Waals surface area contributed by atoms with E-state index in [0.717, 1.165) is 5.56 Å². The Balaban J connectivity index is 2.85. The molecule has 1 atom stereocenters. The molecule has 0 aliphatic carbocycles. The lowest BCUT2D eigenvalue weighted by Crippen LogP contribution is -2.21. The fourth-order valence-electron chi connectivity index (χ4n) is 3.70. The standard InChI is InChI=1S/C22H29NO4S/c1-6-16(15-10-8-7-9-11-15)21(24)20-18(23)12-17(13(2)3)22(28(25,26)27)19(20)14(4)5/h7-14,16H,6,23H2,1-5H3,(H,25,26,27). The molecule has 0 bridgehead atoms. The summed E-state index contributed by atoms with van der Waals surface area (Å²) in [4.78, 5) is 13.3. The van der Waals surface area contributed by atoms with E-state index in [0.29, 0.717) is 17.5 Å². The second-order valence-corrected chi connectivity index (χ2v) is 9.05. The number of ketones is 1. The second kappa shape index (κ2) is 8.45. The zero-order valence-corrected chi connectivity index (χ0v) is 17.9. The highest BCUT2D eigenvalue weighted by Crippen LogP contribution is 2.40. The lowest BCUT2D eigenvalue weighted by Gasteiger charge is -2.25. The number of hydrogen-bond donors (Lipinski definition) is 2. The van der Waals surface area contributed by atoms with Gasteiger partial charge in [0.1, 0.15) is 4.90 Å². The highest BCUT2D eigenvalue weighted by atomic mass is 32.2.